The molecule has 14 heteroatoms. The van der Waals surface area contributed by atoms with E-state index in [9.17, 15) is 29.7 Å². The predicted octanol–water partition coefficient (Wildman–Crippen LogP) is 6.25. The minimum absolute atomic E-state index is 0.130. The molecule has 4 amide bonds. The number of nitriles is 4. The number of imide groups is 2. The first-order valence-corrected chi connectivity index (χ1v) is 17.0. The van der Waals surface area contributed by atoms with Gasteiger partial charge in [-0.05, 0) is 103 Å². The number of amides is 4. The molecule has 0 radical (unpaired) electrons. The number of rotatable bonds is 10. The molecule has 0 bridgehead atoms. The van der Waals surface area contributed by atoms with Gasteiger partial charge >= 0.3 is 0 Å². The van der Waals surface area contributed by atoms with Crippen molar-refractivity contribution in [2.75, 3.05) is 20.4 Å². The Bertz CT molecular complexity index is 2420. The second-order valence-electron chi connectivity index (χ2n) is 12.6. The highest BCUT2D eigenvalue weighted by Crippen LogP contribution is 2.33. The summed E-state index contributed by atoms with van der Waals surface area (Å²) in [5.74, 6) is -0.314. The Hall–Kier alpha value is -8.46. The van der Waals surface area contributed by atoms with Crippen LogP contribution in [0.1, 0.15) is 35.1 Å². The van der Waals surface area contributed by atoms with E-state index in [1.54, 1.807) is 78.9 Å². The van der Waals surface area contributed by atoms with E-state index >= 15 is 0 Å². The summed E-state index contributed by atoms with van der Waals surface area (Å²) in [7, 11) is 0. The van der Waals surface area contributed by atoms with E-state index in [4.69, 9.17) is 20.0 Å². The van der Waals surface area contributed by atoms with Crippen LogP contribution in [0, 0.1) is 45.3 Å². The zero-order valence-electron chi connectivity index (χ0n) is 29.1. The summed E-state index contributed by atoms with van der Waals surface area (Å²) in [6, 6.07) is 34.6. The molecule has 14 nitrogen and oxygen atoms in total. The van der Waals surface area contributed by atoms with Crippen molar-refractivity contribution in [2.24, 2.45) is 0 Å². The minimum atomic E-state index is -0.880. The Morgan fingerprint density at radius 3 is 1.23 bits per heavy atom. The minimum Gasteiger partial charge on any atom is -0.457 e. The van der Waals surface area contributed by atoms with Crippen molar-refractivity contribution in [2.45, 2.75) is 24.9 Å². The number of anilines is 4. The first-order valence-electron chi connectivity index (χ1n) is 17.0. The van der Waals surface area contributed by atoms with Crippen LogP contribution in [0.5, 0.6) is 23.0 Å². The van der Waals surface area contributed by atoms with Gasteiger partial charge in [-0.2, -0.15) is 21.0 Å². The van der Waals surface area contributed by atoms with Crippen LogP contribution in [0.25, 0.3) is 0 Å². The lowest BCUT2D eigenvalue weighted by Crippen LogP contribution is -2.36. The van der Waals surface area contributed by atoms with E-state index in [0.717, 1.165) is 9.80 Å². The van der Waals surface area contributed by atoms with Gasteiger partial charge < -0.3 is 20.1 Å². The summed E-state index contributed by atoms with van der Waals surface area (Å²) in [4.78, 5) is 55.4. The van der Waals surface area contributed by atoms with Crippen molar-refractivity contribution in [1.29, 1.82) is 21.0 Å². The van der Waals surface area contributed by atoms with Crippen molar-refractivity contribution in [3.8, 4) is 47.3 Å². The first kappa shape index (κ1) is 35.9. The average Bonchev–Trinajstić information content (AvgIpc) is 3.66. The van der Waals surface area contributed by atoms with Crippen LogP contribution in [-0.2, 0) is 19.2 Å². The fraction of sp³-hybridized carbons (Fsp3) is 0.0952. The molecule has 0 spiro atoms. The van der Waals surface area contributed by atoms with Crippen molar-refractivity contribution in [3.05, 3.63) is 131 Å². The molecule has 2 N–H and O–H groups in total. The number of nitrogens with zero attached hydrogens (tertiary/aromatic N) is 6. The summed E-state index contributed by atoms with van der Waals surface area (Å²) < 4.78 is 11.6. The summed E-state index contributed by atoms with van der Waals surface area (Å²) >= 11 is 0. The van der Waals surface area contributed by atoms with Crippen LogP contribution >= 0.6 is 0 Å². The Morgan fingerprint density at radius 1 is 0.482 bits per heavy atom. The first-order chi connectivity index (χ1) is 27.2. The molecule has 270 valence electrons. The zero-order chi connectivity index (χ0) is 39.3. The summed E-state index contributed by atoms with van der Waals surface area (Å²) in [6.45, 7) is 0. The third kappa shape index (κ3) is 7.26. The lowest BCUT2D eigenvalue weighted by atomic mass is 10.1. The van der Waals surface area contributed by atoms with Gasteiger partial charge in [0.15, 0.2) is 0 Å². The van der Waals surface area contributed by atoms with Gasteiger partial charge in [0.25, 0.3) is 11.8 Å². The Labute approximate surface area is 319 Å². The lowest BCUT2D eigenvalue weighted by Gasteiger charge is -2.20. The summed E-state index contributed by atoms with van der Waals surface area (Å²) in [5, 5.41) is 43.0. The normalized spacial score (nSPS) is 16.1. The van der Waals surface area contributed by atoms with Crippen LogP contribution in [0.15, 0.2) is 109 Å². The van der Waals surface area contributed by atoms with E-state index in [0.29, 0.717) is 34.4 Å². The van der Waals surface area contributed by atoms with E-state index in [1.165, 1.54) is 30.3 Å². The van der Waals surface area contributed by atoms with Gasteiger partial charge in [-0.15, -0.1) is 0 Å². The van der Waals surface area contributed by atoms with Gasteiger partial charge in [0.1, 0.15) is 59.4 Å². The van der Waals surface area contributed by atoms with Gasteiger partial charge in [0.2, 0.25) is 11.8 Å². The van der Waals surface area contributed by atoms with Crippen molar-refractivity contribution >= 4 is 46.4 Å². The molecule has 2 heterocycles. The maximum atomic E-state index is 13.5. The SMILES string of the molecule is N#Cc1ccc(Oc2ccc(NC3CC(=O)N(c4cccc(N5C(=O)CC(Nc6ccc(Oc7ccc(C#N)c(C#N)c7)cc6)C5=O)c4)C3=O)cc2)cc1C#N. The second-order valence-corrected chi connectivity index (χ2v) is 12.6. The van der Waals surface area contributed by atoms with Crippen LogP contribution < -0.4 is 29.9 Å². The van der Waals surface area contributed by atoms with Gasteiger partial charge in [-0.1, -0.05) is 6.07 Å². The van der Waals surface area contributed by atoms with Crippen molar-refractivity contribution in [3.63, 3.8) is 0 Å². The molecule has 0 aromatic heterocycles. The molecule has 2 fully saturated rings. The molecule has 7 rings (SSSR count). The largest absolute Gasteiger partial charge is 0.457 e. The molecule has 0 saturated carbocycles. The molecule has 2 atom stereocenters. The molecular formula is C42H26N8O6. The number of nitrogens with one attached hydrogen (secondary N) is 2. The van der Waals surface area contributed by atoms with E-state index in [1.807, 2.05) is 24.3 Å². The molecule has 2 unspecified atom stereocenters. The lowest BCUT2D eigenvalue weighted by molar-refractivity contribution is -0.122. The van der Waals surface area contributed by atoms with Crippen LogP contribution in [0.4, 0.5) is 22.7 Å². The number of ether oxygens (including phenoxy) is 2. The fourth-order valence-corrected chi connectivity index (χ4v) is 6.27. The highest BCUT2D eigenvalue weighted by Gasteiger charge is 2.42. The molecule has 5 aromatic rings. The second kappa shape index (κ2) is 15.3. The Morgan fingerprint density at radius 2 is 0.857 bits per heavy atom. The van der Waals surface area contributed by atoms with Gasteiger partial charge in [0.05, 0.1) is 46.5 Å². The van der Waals surface area contributed by atoms with Crippen molar-refractivity contribution in [1.82, 2.24) is 0 Å². The molecule has 2 saturated heterocycles. The zero-order valence-corrected chi connectivity index (χ0v) is 29.1. The summed E-state index contributed by atoms with van der Waals surface area (Å²) in [6.07, 6.45) is -0.259. The summed E-state index contributed by atoms with van der Waals surface area (Å²) in [5.41, 5.74) is 2.37. The predicted molar refractivity (Wildman–Crippen MR) is 200 cm³/mol. The van der Waals surface area contributed by atoms with Crippen molar-refractivity contribution < 1.29 is 28.7 Å². The van der Waals surface area contributed by atoms with Crippen LogP contribution in [-0.4, -0.2) is 35.7 Å². The quantitative estimate of drug-likeness (QED) is 0.152. The molecule has 2 aliphatic rings. The van der Waals surface area contributed by atoms with E-state index in [2.05, 4.69) is 10.6 Å². The number of hydrogen-bond donors (Lipinski definition) is 2. The van der Waals surface area contributed by atoms with E-state index in [-0.39, 0.29) is 46.5 Å². The topological polar surface area (TPSA) is 212 Å². The highest BCUT2D eigenvalue weighted by molar-refractivity contribution is 6.25. The van der Waals surface area contributed by atoms with Gasteiger partial charge in [0, 0.05) is 11.4 Å². The molecule has 56 heavy (non-hydrogen) atoms. The fourth-order valence-electron chi connectivity index (χ4n) is 6.27. The number of carbonyl (C=O) groups excluding carboxylic acids is 4. The molecule has 0 aliphatic carbocycles. The Balaban J connectivity index is 0.977. The number of benzene rings is 5. The smallest absolute Gasteiger partial charge is 0.256 e. The monoisotopic (exact) mass is 738 g/mol. The van der Waals surface area contributed by atoms with E-state index < -0.39 is 35.7 Å². The van der Waals surface area contributed by atoms with Gasteiger partial charge in [-0.25, -0.2) is 9.80 Å². The molecular weight excluding hydrogens is 713 g/mol. The average molecular weight is 739 g/mol. The van der Waals surface area contributed by atoms with Crippen LogP contribution in [0.3, 0.4) is 0 Å². The third-order valence-electron chi connectivity index (χ3n) is 8.97. The highest BCUT2D eigenvalue weighted by atomic mass is 16.5. The van der Waals surface area contributed by atoms with Gasteiger partial charge in [-0.3, -0.25) is 19.2 Å². The number of hydrogen-bond acceptors (Lipinski definition) is 12. The third-order valence-corrected chi connectivity index (χ3v) is 8.97. The van der Waals surface area contributed by atoms with Crippen LogP contribution in [0.2, 0.25) is 0 Å². The number of carbonyl (C=O) groups is 4. The maximum Gasteiger partial charge on any atom is 0.256 e. The molecule has 5 aromatic carbocycles. The molecule has 2 aliphatic heterocycles. The Kier molecular flexibility index (Phi) is 9.79. The standard InChI is InChI=1S/C42H26N8O6/c43-21-25-4-10-35(16-27(25)23-45)55-33-12-6-29(7-13-33)47-37-19-39(51)49(41(37)53)31-2-1-3-32(18-31)50-40(52)20-38(42(50)54)48-30-8-14-34(15-9-30)56-36-11-5-26(22-44)28(17-36)24-46/h1-18,37-38,47-48H,19-20H2. The maximum absolute atomic E-state index is 13.5.